The number of hydrogen-bond acceptors (Lipinski definition) is 5. The summed E-state index contributed by atoms with van der Waals surface area (Å²) in [6, 6.07) is 11.2. The highest BCUT2D eigenvalue weighted by Crippen LogP contribution is 2.33. The van der Waals surface area contributed by atoms with E-state index in [1.165, 1.54) is 20.5 Å². The van der Waals surface area contributed by atoms with Gasteiger partial charge in [-0.25, -0.2) is 9.67 Å². The summed E-state index contributed by atoms with van der Waals surface area (Å²) >= 11 is 1.76. The maximum atomic E-state index is 12.9. The number of nitrogens with zero attached hydrogens (tertiary/aromatic N) is 4. The van der Waals surface area contributed by atoms with Crippen LogP contribution < -0.4 is 5.56 Å². The van der Waals surface area contributed by atoms with Gasteiger partial charge in [0.1, 0.15) is 5.69 Å². The van der Waals surface area contributed by atoms with E-state index in [1.54, 1.807) is 17.4 Å². The summed E-state index contributed by atoms with van der Waals surface area (Å²) in [7, 11) is 0. The largest absolute Gasteiger partial charge is 0.337 e. The molecule has 6 nitrogen and oxygen atoms in total. The molecule has 4 rings (SSSR count). The molecule has 0 unspecified atom stereocenters. The van der Waals surface area contributed by atoms with Crippen LogP contribution in [0.1, 0.15) is 54.0 Å². The number of likely N-dealkylation sites (tertiary alicyclic amines) is 1. The van der Waals surface area contributed by atoms with Crippen molar-refractivity contribution in [1.82, 2.24) is 19.7 Å². The Morgan fingerprint density at radius 2 is 1.96 bits per heavy atom. The third kappa shape index (κ3) is 3.85. The highest BCUT2D eigenvalue weighted by atomic mass is 32.1. The smallest absolute Gasteiger partial charge is 0.274 e. The lowest BCUT2D eigenvalue weighted by atomic mass is 9.97. The van der Waals surface area contributed by atoms with E-state index in [0.717, 1.165) is 31.2 Å². The molecule has 1 aliphatic rings. The number of thiazole rings is 1. The molecule has 1 saturated heterocycles. The number of hydrogen-bond donors (Lipinski definition) is 0. The highest BCUT2D eigenvalue weighted by molar-refractivity contribution is 7.18. The minimum absolute atomic E-state index is 0.0898. The van der Waals surface area contributed by atoms with Crippen LogP contribution in [0.5, 0.6) is 0 Å². The van der Waals surface area contributed by atoms with Gasteiger partial charge in [-0.05, 0) is 37.5 Å². The van der Waals surface area contributed by atoms with Crippen molar-refractivity contribution in [3.05, 3.63) is 57.5 Å². The van der Waals surface area contributed by atoms with Gasteiger partial charge in [0.2, 0.25) is 0 Å². The van der Waals surface area contributed by atoms with Crippen LogP contribution in [0.15, 0.2) is 41.2 Å². The van der Waals surface area contributed by atoms with Crippen LogP contribution in [0.3, 0.4) is 0 Å². The standard InChI is InChI=1S/C21H24N4O2S/c1-2-3-12-25-19(26)9-8-17(23-25)21(27)24-13-10-15(11-14-24)20-22-16-6-4-5-7-18(16)28-20/h4-9,15H,2-3,10-14H2,1H3. The van der Waals surface area contributed by atoms with Crippen molar-refractivity contribution in [2.75, 3.05) is 13.1 Å². The SMILES string of the molecule is CCCCn1nc(C(=O)N2CCC(c3nc4ccccc4s3)CC2)ccc1=O. The summed E-state index contributed by atoms with van der Waals surface area (Å²) < 4.78 is 2.62. The number of carbonyl (C=O) groups is 1. The molecule has 1 fully saturated rings. The Morgan fingerprint density at radius 3 is 2.71 bits per heavy atom. The first kappa shape index (κ1) is 18.8. The van der Waals surface area contributed by atoms with Crippen LogP contribution in [0, 0.1) is 0 Å². The lowest BCUT2D eigenvalue weighted by Gasteiger charge is -2.30. The van der Waals surface area contributed by atoms with Crippen molar-refractivity contribution in [2.45, 2.75) is 45.1 Å². The molecule has 0 radical (unpaired) electrons. The minimum atomic E-state index is -0.153. The predicted octanol–water partition coefficient (Wildman–Crippen LogP) is 3.67. The van der Waals surface area contributed by atoms with Gasteiger partial charge in [0.25, 0.3) is 11.5 Å². The molecule has 0 atom stereocenters. The summed E-state index contributed by atoms with van der Waals surface area (Å²) in [4.78, 5) is 31.4. The van der Waals surface area contributed by atoms with E-state index in [2.05, 4.69) is 18.1 Å². The van der Waals surface area contributed by atoms with Crippen molar-refractivity contribution in [3.8, 4) is 0 Å². The second-order valence-corrected chi connectivity index (χ2v) is 8.28. The molecule has 7 heteroatoms. The van der Waals surface area contributed by atoms with Crippen LogP contribution in [0.25, 0.3) is 10.2 Å². The van der Waals surface area contributed by atoms with Crippen LogP contribution in [0.4, 0.5) is 0 Å². The lowest BCUT2D eigenvalue weighted by molar-refractivity contribution is 0.0704. The van der Waals surface area contributed by atoms with E-state index in [0.29, 0.717) is 31.2 Å². The van der Waals surface area contributed by atoms with Gasteiger partial charge in [-0.1, -0.05) is 25.5 Å². The average molecular weight is 397 g/mol. The van der Waals surface area contributed by atoms with E-state index in [4.69, 9.17) is 4.98 Å². The number of para-hydroxylation sites is 1. The van der Waals surface area contributed by atoms with E-state index < -0.39 is 0 Å². The van der Waals surface area contributed by atoms with Gasteiger partial charge in [-0.3, -0.25) is 9.59 Å². The molecule has 1 aliphatic heterocycles. The van der Waals surface area contributed by atoms with Crippen molar-refractivity contribution in [2.24, 2.45) is 0 Å². The Labute approximate surface area is 167 Å². The zero-order valence-corrected chi connectivity index (χ0v) is 16.8. The van der Waals surface area contributed by atoms with Crippen LogP contribution >= 0.6 is 11.3 Å². The Kier molecular flexibility index (Phi) is 5.52. The van der Waals surface area contributed by atoms with E-state index in [-0.39, 0.29) is 11.5 Å². The number of aromatic nitrogens is 3. The van der Waals surface area contributed by atoms with Crippen LogP contribution in [-0.2, 0) is 6.54 Å². The third-order valence-electron chi connectivity index (χ3n) is 5.25. The van der Waals surface area contributed by atoms with Crippen LogP contribution in [-0.4, -0.2) is 38.7 Å². The number of benzene rings is 1. The Morgan fingerprint density at radius 1 is 1.18 bits per heavy atom. The Balaban J connectivity index is 1.43. The molecule has 1 amide bonds. The summed E-state index contributed by atoms with van der Waals surface area (Å²) in [5.41, 5.74) is 1.26. The Hall–Kier alpha value is -2.54. The zero-order chi connectivity index (χ0) is 19.5. The van der Waals surface area contributed by atoms with Gasteiger partial charge in [-0.2, -0.15) is 5.10 Å². The molecule has 0 saturated carbocycles. The molecular formula is C21H24N4O2S. The quantitative estimate of drug-likeness (QED) is 0.660. The van der Waals surface area contributed by atoms with E-state index in [9.17, 15) is 9.59 Å². The number of fused-ring (bicyclic) bond motifs is 1. The molecule has 0 bridgehead atoms. The molecule has 28 heavy (non-hydrogen) atoms. The molecule has 0 spiro atoms. The van der Waals surface area contributed by atoms with Gasteiger partial charge in [0.05, 0.1) is 15.2 Å². The molecule has 146 valence electrons. The number of aryl methyl sites for hydroxylation is 1. The summed E-state index contributed by atoms with van der Waals surface area (Å²) in [6.45, 7) is 4.00. The fraction of sp³-hybridized carbons (Fsp3) is 0.429. The van der Waals surface area contributed by atoms with Crippen molar-refractivity contribution in [3.63, 3.8) is 0 Å². The molecule has 3 aromatic rings. The predicted molar refractivity (Wildman–Crippen MR) is 111 cm³/mol. The number of piperidine rings is 1. The van der Waals surface area contributed by atoms with Gasteiger partial charge in [-0.15, -0.1) is 11.3 Å². The van der Waals surface area contributed by atoms with Crippen LogP contribution in [0.2, 0.25) is 0 Å². The van der Waals surface area contributed by atoms with E-state index >= 15 is 0 Å². The second kappa shape index (κ2) is 8.22. The third-order valence-corrected chi connectivity index (χ3v) is 6.45. The average Bonchev–Trinajstić information content (AvgIpc) is 3.17. The molecule has 2 aromatic heterocycles. The van der Waals surface area contributed by atoms with Gasteiger partial charge < -0.3 is 4.90 Å². The maximum Gasteiger partial charge on any atom is 0.274 e. The van der Waals surface area contributed by atoms with Gasteiger partial charge >= 0.3 is 0 Å². The second-order valence-electron chi connectivity index (χ2n) is 7.22. The monoisotopic (exact) mass is 396 g/mol. The summed E-state index contributed by atoms with van der Waals surface area (Å²) in [5, 5.41) is 5.46. The van der Waals surface area contributed by atoms with Crippen molar-refractivity contribution >= 4 is 27.5 Å². The number of carbonyl (C=O) groups excluding carboxylic acids is 1. The maximum absolute atomic E-state index is 12.9. The molecular weight excluding hydrogens is 372 g/mol. The number of amides is 1. The molecule has 0 N–H and O–H groups in total. The summed E-state index contributed by atoms with van der Waals surface area (Å²) in [6.07, 6.45) is 3.66. The van der Waals surface area contributed by atoms with Crippen molar-refractivity contribution < 1.29 is 4.79 Å². The normalized spacial score (nSPS) is 15.2. The Bertz CT molecular complexity index is 1000. The molecule has 3 heterocycles. The van der Waals surface area contributed by atoms with E-state index in [1.807, 2.05) is 23.1 Å². The van der Waals surface area contributed by atoms with Gasteiger partial charge in [0.15, 0.2) is 0 Å². The lowest BCUT2D eigenvalue weighted by Crippen LogP contribution is -2.39. The topological polar surface area (TPSA) is 68.1 Å². The van der Waals surface area contributed by atoms with Gasteiger partial charge in [0, 0.05) is 31.6 Å². The first-order valence-corrected chi connectivity index (χ1v) is 10.7. The fourth-order valence-corrected chi connectivity index (χ4v) is 4.72. The first-order valence-electron chi connectivity index (χ1n) is 9.88. The summed E-state index contributed by atoms with van der Waals surface area (Å²) in [5.74, 6) is 0.306. The molecule has 0 aliphatic carbocycles. The minimum Gasteiger partial charge on any atom is -0.337 e. The zero-order valence-electron chi connectivity index (χ0n) is 16.0. The first-order chi connectivity index (χ1) is 13.7. The highest BCUT2D eigenvalue weighted by Gasteiger charge is 2.27. The fourth-order valence-electron chi connectivity index (χ4n) is 3.59. The molecule has 1 aromatic carbocycles. The number of unbranched alkanes of at least 4 members (excludes halogenated alkanes) is 1. The number of rotatable bonds is 5. The van der Waals surface area contributed by atoms with Crippen molar-refractivity contribution in [1.29, 1.82) is 0 Å².